The molecule has 1 heterocycles. The van der Waals surface area contributed by atoms with Gasteiger partial charge in [0.05, 0.1) is 4.90 Å². The van der Waals surface area contributed by atoms with E-state index in [-0.39, 0.29) is 4.90 Å². The first kappa shape index (κ1) is 16.7. The summed E-state index contributed by atoms with van der Waals surface area (Å²) >= 11 is 0. The minimum atomic E-state index is -3.62. The van der Waals surface area contributed by atoms with Crippen molar-refractivity contribution in [2.24, 2.45) is 5.73 Å². The largest absolute Gasteiger partial charge is 0.368 e. The smallest absolute Gasteiger partial charge is 0.243 e. The second kappa shape index (κ2) is 6.85. The molecule has 1 aromatic rings. The Hall–Kier alpha value is -1.40. The lowest BCUT2D eigenvalue weighted by molar-refractivity contribution is -0.121. The van der Waals surface area contributed by atoms with Gasteiger partial charge in [0.25, 0.3) is 0 Å². The Morgan fingerprint density at radius 3 is 2.30 bits per heavy atom. The molecule has 20 heavy (non-hydrogen) atoms. The van der Waals surface area contributed by atoms with Crippen LogP contribution in [0.3, 0.4) is 0 Å². The number of hydrogen-bond donors (Lipinski definition) is 1. The fraction of sp³-hybridized carbons (Fsp3) is 0.500. The first-order valence-electron chi connectivity index (χ1n) is 6.81. The van der Waals surface area contributed by atoms with Crippen LogP contribution in [-0.2, 0) is 14.8 Å². The fourth-order valence-electron chi connectivity index (χ4n) is 2.16. The molecule has 0 spiro atoms. The zero-order valence-corrected chi connectivity index (χ0v) is 13.0. The maximum Gasteiger partial charge on any atom is 0.243 e. The van der Waals surface area contributed by atoms with Gasteiger partial charge in [-0.15, -0.1) is 0 Å². The van der Waals surface area contributed by atoms with Gasteiger partial charge in [-0.3, -0.25) is 4.79 Å². The van der Waals surface area contributed by atoms with E-state index in [1.165, 1.54) is 4.31 Å². The molecule has 1 aliphatic heterocycles. The second-order valence-electron chi connectivity index (χ2n) is 4.49. The minimum Gasteiger partial charge on any atom is -0.368 e. The summed E-state index contributed by atoms with van der Waals surface area (Å²) in [7, 11) is -3.62. The molecule has 5 nitrogen and oxygen atoms in total. The molecular weight excluding hydrogens is 276 g/mol. The van der Waals surface area contributed by atoms with Gasteiger partial charge < -0.3 is 5.73 Å². The molecular formula is C14H22N2O3S. The lowest BCUT2D eigenvalue weighted by atomic mass is 10.2. The van der Waals surface area contributed by atoms with E-state index in [0.29, 0.717) is 19.4 Å². The SMILES string of the molecule is CC.Cc1ccc(S(=O)(=O)N2CCC[C@H]2C(N)=O)cc1. The van der Waals surface area contributed by atoms with Crippen LogP contribution < -0.4 is 5.73 Å². The molecule has 1 aromatic carbocycles. The summed E-state index contributed by atoms with van der Waals surface area (Å²) in [6.07, 6.45) is 1.17. The van der Waals surface area contributed by atoms with Crippen molar-refractivity contribution in [1.82, 2.24) is 4.31 Å². The van der Waals surface area contributed by atoms with Crippen molar-refractivity contribution in [3.05, 3.63) is 29.8 Å². The van der Waals surface area contributed by atoms with Crippen molar-refractivity contribution in [2.45, 2.75) is 44.6 Å². The third-order valence-corrected chi connectivity index (χ3v) is 5.08. The van der Waals surface area contributed by atoms with E-state index in [4.69, 9.17) is 5.73 Å². The van der Waals surface area contributed by atoms with Gasteiger partial charge in [-0.1, -0.05) is 31.5 Å². The van der Waals surface area contributed by atoms with E-state index < -0.39 is 22.0 Å². The summed E-state index contributed by atoms with van der Waals surface area (Å²) in [5.74, 6) is -0.580. The predicted octanol–water partition coefficient (Wildman–Crippen LogP) is 1.66. The van der Waals surface area contributed by atoms with Gasteiger partial charge in [0.1, 0.15) is 6.04 Å². The van der Waals surface area contributed by atoms with Crippen molar-refractivity contribution in [3.63, 3.8) is 0 Å². The number of sulfonamides is 1. The van der Waals surface area contributed by atoms with Crippen molar-refractivity contribution in [1.29, 1.82) is 0 Å². The Morgan fingerprint density at radius 1 is 1.25 bits per heavy atom. The van der Waals surface area contributed by atoms with Gasteiger partial charge in [0, 0.05) is 6.54 Å². The number of benzene rings is 1. The summed E-state index contributed by atoms with van der Waals surface area (Å²) in [6.45, 7) is 6.24. The van der Waals surface area contributed by atoms with Gasteiger partial charge >= 0.3 is 0 Å². The monoisotopic (exact) mass is 298 g/mol. The summed E-state index contributed by atoms with van der Waals surface area (Å²) in [5.41, 5.74) is 6.23. The van der Waals surface area contributed by atoms with E-state index >= 15 is 0 Å². The van der Waals surface area contributed by atoms with Gasteiger partial charge in [0.2, 0.25) is 15.9 Å². The number of hydrogen-bond acceptors (Lipinski definition) is 3. The topological polar surface area (TPSA) is 80.5 Å². The Balaban J connectivity index is 0.000000956. The van der Waals surface area contributed by atoms with Crippen molar-refractivity contribution in [2.75, 3.05) is 6.54 Å². The van der Waals surface area contributed by atoms with Crippen LogP contribution in [0.15, 0.2) is 29.2 Å². The third-order valence-electron chi connectivity index (χ3n) is 3.16. The average molecular weight is 298 g/mol. The van der Waals surface area contributed by atoms with Crippen molar-refractivity contribution < 1.29 is 13.2 Å². The summed E-state index contributed by atoms with van der Waals surface area (Å²) < 4.78 is 26.0. The summed E-state index contributed by atoms with van der Waals surface area (Å²) in [4.78, 5) is 11.5. The molecule has 1 fully saturated rings. The number of aryl methyl sites for hydroxylation is 1. The lowest BCUT2D eigenvalue weighted by Gasteiger charge is -2.21. The van der Waals surface area contributed by atoms with E-state index in [1.807, 2.05) is 20.8 Å². The van der Waals surface area contributed by atoms with E-state index in [9.17, 15) is 13.2 Å². The predicted molar refractivity (Wildman–Crippen MR) is 78.6 cm³/mol. The molecule has 0 unspecified atom stereocenters. The fourth-order valence-corrected chi connectivity index (χ4v) is 3.82. The van der Waals surface area contributed by atoms with Crippen molar-refractivity contribution in [3.8, 4) is 0 Å². The van der Waals surface area contributed by atoms with E-state index in [2.05, 4.69) is 0 Å². The highest BCUT2D eigenvalue weighted by atomic mass is 32.2. The molecule has 0 aliphatic carbocycles. The van der Waals surface area contributed by atoms with Crippen molar-refractivity contribution >= 4 is 15.9 Å². The molecule has 1 aliphatic rings. The highest BCUT2D eigenvalue weighted by Crippen LogP contribution is 2.25. The number of nitrogens with zero attached hydrogens (tertiary/aromatic N) is 1. The molecule has 2 rings (SSSR count). The average Bonchev–Trinajstić information content (AvgIpc) is 2.91. The number of rotatable bonds is 3. The molecule has 0 saturated carbocycles. The molecule has 1 atom stereocenters. The highest BCUT2D eigenvalue weighted by Gasteiger charge is 2.38. The van der Waals surface area contributed by atoms with E-state index in [0.717, 1.165) is 5.56 Å². The Kier molecular flexibility index (Phi) is 5.71. The van der Waals surface area contributed by atoms with Crippen LogP contribution >= 0.6 is 0 Å². The van der Waals surface area contributed by atoms with Gasteiger partial charge in [0.15, 0.2) is 0 Å². The van der Waals surface area contributed by atoms with E-state index in [1.54, 1.807) is 24.3 Å². The van der Waals surface area contributed by atoms with Crippen LogP contribution in [0.4, 0.5) is 0 Å². The first-order valence-corrected chi connectivity index (χ1v) is 8.25. The Morgan fingerprint density at radius 2 is 1.80 bits per heavy atom. The molecule has 6 heteroatoms. The summed E-state index contributed by atoms with van der Waals surface area (Å²) in [6, 6.07) is 5.88. The number of primary amides is 1. The van der Waals surface area contributed by atoms with Gasteiger partial charge in [-0.25, -0.2) is 8.42 Å². The van der Waals surface area contributed by atoms with Crippen LogP contribution in [0.5, 0.6) is 0 Å². The molecule has 2 N–H and O–H groups in total. The van der Waals surface area contributed by atoms with Crippen LogP contribution in [-0.4, -0.2) is 31.2 Å². The zero-order valence-electron chi connectivity index (χ0n) is 12.2. The van der Waals surface area contributed by atoms with Crippen LogP contribution in [0, 0.1) is 6.92 Å². The number of carbonyl (C=O) groups is 1. The highest BCUT2D eigenvalue weighted by molar-refractivity contribution is 7.89. The molecule has 1 amide bonds. The Labute approximate surface area is 120 Å². The number of amides is 1. The molecule has 0 bridgehead atoms. The molecule has 0 radical (unpaired) electrons. The zero-order chi connectivity index (χ0) is 15.3. The van der Waals surface area contributed by atoms with Gasteiger partial charge in [-0.2, -0.15) is 4.31 Å². The minimum absolute atomic E-state index is 0.209. The Bertz CT molecular complexity index is 552. The maximum absolute atomic E-state index is 12.4. The lowest BCUT2D eigenvalue weighted by Crippen LogP contribution is -2.43. The maximum atomic E-state index is 12.4. The van der Waals surface area contributed by atoms with Crippen LogP contribution in [0.1, 0.15) is 32.3 Å². The second-order valence-corrected chi connectivity index (χ2v) is 6.38. The quantitative estimate of drug-likeness (QED) is 0.921. The van der Waals surface area contributed by atoms with Crippen LogP contribution in [0.25, 0.3) is 0 Å². The molecule has 0 aromatic heterocycles. The molecule has 1 saturated heterocycles. The number of carbonyl (C=O) groups excluding carboxylic acids is 1. The first-order chi connectivity index (χ1) is 9.43. The van der Waals surface area contributed by atoms with Gasteiger partial charge in [-0.05, 0) is 31.9 Å². The number of nitrogens with two attached hydrogens (primary N) is 1. The standard InChI is InChI=1S/C12H16N2O3S.C2H6/c1-9-4-6-10(7-5-9)18(16,17)14-8-2-3-11(14)12(13)15;1-2/h4-7,11H,2-3,8H2,1H3,(H2,13,15);1-2H3/t11-;/m0./s1. The normalized spacial score (nSPS) is 19.2. The third kappa shape index (κ3) is 3.37. The molecule has 112 valence electrons. The van der Waals surface area contributed by atoms with Crippen LogP contribution in [0.2, 0.25) is 0 Å². The summed E-state index contributed by atoms with van der Waals surface area (Å²) in [5, 5.41) is 0.